The number of aromatic nitrogens is 1. The second kappa shape index (κ2) is 3.75. The highest BCUT2D eigenvalue weighted by Gasteiger charge is 2.22. The van der Waals surface area contributed by atoms with Crippen LogP contribution < -0.4 is 5.73 Å². The predicted molar refractivity (Wildman–Crippen MR) is 50.4 cm³/mol. The first-order chi connectivity index (χ1) is 8.06. The molecular weight excluding hydrogens is 204 g/mol. The van der Waals surface area contributed by atoms with Gasteiger partial charge in [-0.15, -0.1) is 0 Å². The van der Waals surface area contributed by atoms with E-state index in [1.54, 1.807) is 0 Å². The van der Waals surface area contributed by atoms with Crippen molar-refractivity contribution in [2.75, 3.05) is 0 Å². The van der Waals surface area contributed by atoms with Gasteiger partial charge in [0.2, 0.25) is 0 Å². The molecule has 0 aromatic carbocycles. The topological polar surface area (TPSA) is 90.1 Å². The number of hydrogen-bond acceptors (Lipinski definition) is 4. The van der Waals surface area contributed by atoms with E-state index in [4.69, 9.17) is 5.48 Å². The summed E-state index contributed by atoms with van der Waals surface area (Å²) < 4.78 is 51.5. The molecule has 1 atom stereocenters. The first-order valence-electron chi connectivity index (χ1n) is 5.57. The molecule has 1 amide bonds. The van der Waals surface area contributed by atoms with Gasteiger partial charge in [0.05, 0.1) is 0 Å². The molecule has 0 bridgehead atoms. The summed E-state index contributed by atoms with van der Waals surface area (Å²) in [4.78, 5) is 14.2. The number of nitrogens with two attached hydrogens (primary N) is 1. The van der Waals surface area contributed by atoms with E-state index in [1.165, 1.54) is 6.07 Å². The smallest absolute Gasteiger partial charge is 0.340 e. The molecule has 0 aliphatic carbocycles. The molecule has 0 radical (unpaired) electrons. The molecule has 5 nitrogen and oxygen atoms in total. The predicted octanol–water partition coefficient (Wildman–Crippen LogP) is 0.496. The van der Waals surface area contributed by atoms with Crippen molar-refractivity contribution in [3.63, 3.8) is 0 Å². The fourth-order valence-electron chi connectivity index (χ4n) is 0.765. The molecule has 1 unspecified atom stereocenters. The maximum Gasteiger partial charge on any atom is 0.340 e. The fourth-order valence-corrected chi connectivity index (χ4v) is 1.46. The molecule has 0 saturated carbocycles. The summed E-state index contributed by atoms with van der Waals surface area (Å²) in [7, 11) is -4.42. The molecule has 0 saturated heterocycles. The minimum absolute atomic E-state index is 0.0789. The fraction of sp³-hybridized carbons (Fsp3) is 0.250. The minimum atomic E-state index is -4.42. The van der Waals surface area contributed by atoms with Crippen LogP contribution in [0.3, 0.4) is 0 Å². The maximum atomic E-state index is 11.4. The highest BCUT2D eigenvalue weighted by atomic mass is 32.2. The quantitative estimate of drug-likeness (QED) is 0.782. The Morgan fingerprint density at radius 2 is 2.50 bits per heavy atom. The molecule has 1 aromatic rings. The number of sulfone groups is 1. The van der Waals surface area contributed by atoms with Gasteiger partial charge in [0.1, 0.15) is 0 Å². The zero-order valence-electron chi connectivity index (χ0n) is 11.0. The molecule has 0 aliphatic rings. The van der Waals surface area contributed by atoms with Gasteiger partial charge in [0, 0.05) is 11.7 Å². The van der Waals surface area contributed by atoms with E-state index >= 15 is 0 Å². The number of hydrogen-bond donors (Lipinski definition) is 1. The van der Waals surface area contributed by atoms with Crippen molar-refractivity contribution in [3.8, 4) is 0 Å². The highest BCUT2D eigenvalue weighted by Crippen LogP contribution is 2.10. The lowest BCUT2D eigenvalue weighted by Gasteiger charge is -2.00. The Labute approximate surface area is 87.5 Å². The van der Waals surface area contributed by atoms with E-state index < -0.39 is 33.4 Å². The zero-order valence-corrected chi connectivity index (χ0v) is 7.78. The van der Waals surface area contributed by atoms with E-state index in [2.05, 4.69) is 10.7 Å². The van der Waals surface area contributed by atoms with Crippen LogP contribution in [0.2, 0.25) is 0 Å². The zero-order chi connectivity index (χ0) is 14.1. The van der Waals surface area contributed by atoms with Crippen LogP contribution in [0.1, 0.15) is 17.9 Å². The van der Waals surface area contributed by atoms with E-state index in [1.807, 2.05) is 0 Å². The molecule has 2 N–H and O–H groups in total. The molecule has 0 spiro atoms. The first-order valence-corrected chi connectivity index (χ1v) is 4.98. The van der Waals surface area contributed by atoms with Gasteiger partial charge in [-0.2, -0.15) is 0 Å². The van der Waals surface area contributed by atoms with Crippen molar-refractivity contribution in [1.82, 2.24) is 4.98 Å². The molecule has 1 rings (SSSR count). The van der Waals surface area contributed by atoms with Crippen LogP contribution in [0.4, 0.5) is 4.79 Å². The minimum Gasteiger partial charge on any atom is -0.356 e. The van der Waals surface area contributed by atoms with Crippen molar-refractivity contribution in [2.45, 2.75) is 18.3 Å². The van der Waals surface area contributed by atoms with Crippen LogP contribution in [0.25, 0.3) is 0 Å². The molecule has 6 heteroatoms. The average Bonchev–Trinajstić information content (AvgIpc) is 2.26. The number of rotatable bonds is 2. The van der Waals surface area contributed by atoms with Crippen molar-refractivity contribution >= 4 is 15.1 Å². The lowest BCUT2D eigenvalue weighted by molar-refractivity contribution is 0.265. The molecule has 0 aliphatic heterocycles. The Morgan fingerprint density at radius 1 is 1.79 bits per heavy atom. The van der Waals surface area contributed by atoms with Crippen molar-refractivity contribution in [3.05, 3.63) is 23.9 Å². The molecule has 0 fully saturated rings. The maximum absolute atomic E-state index is 11.4. The largest absolute Gasteiger partial charge is 0.356 e. The van der Waals surface area contributed by atoms with Gasteiger partial charge in [0.15, 0.2) is 5.03 Å². The van der Waals surface area contributed by atoms with Crippen LogP contribution in [0, 0.1) is 0 Å². The number of primary amides is 1. The second-order valence-corrected chi connectivity index (χ2v) is 4.22. The monoisotopic (exact) mass is 218 g/mol. The average molecular weight is 218 g/mol. The van der Waals surface area contributed by atoms with E-state index in [-0.39, 0.29) is 5.56 Å². The molecule has 1 aromatic heterocycles. The van der Waals surface area contributed by atoms with Gasteiger partial charge in [0.25, 0.3) is 9.84 Å². The second-order valence-electron chi connectivity index (χ2n) is 2.39. The first kappa shape index (κ1) is 6.13. The van der Waals surface area contributed by atoms with E-state index in [0.29, 0.717) is 0 Å². The highest BCUT2D eigenvalue weighted by molar-refractivity contribution is 8.05. The number of carbonyl (C=O) groups excluding carboxylic acids is 1. The van der Waals surface area contributed by atoms with Crippen molar-refractivity contribution < 1.29 is 18.7 Å². The molecular formula is C8H10N2O3S. The van der Waals surface area contributed by atoms with Crippen molar-refractivity contribution in [1.29, 1.82) is 0 Å². The summed E-state index contributed by atoms with van der Waals surface area (Å²) in [6.07, 6.45) is -0.611. The Kier molecular flexibility index (Phi) is 1.64. The normalized spacial score (nSPS) is 18.6. The van der Waals surface area contributed by atoms with Crippen molar-refractivity contribution in [2.24, 2.45) is 5.73 Å². The summed E-state index contributed by atoms with van der Waals surface area (Å²) in [5.74, 6) is 0. The number of aryl methyl sites for hydroxylation is 1. The van der Waals surface area contributed by atoms with Crippen LogP contribution >= 0.6 is 0 Å². The lowest BCUT2D eigenvalue weighted by Crippen LogP contribution is -2.22. The summed E-state index contributed by atoms with van der Waals surface area (Å²) in [6, 6.07) is 2.06. The van der Waals surface area contributed by atoms with Crippen LogP contribution in [0.15, 0.2) is 23.4 Å². The van der Waals surface area contributed by atoms with Crippen LogP contribution in [-0.2, 0) is 16.2 Å². The summed E-state index contributed by atoms with van der Waals surface area (Å²) >= 11 is 0. The molecule has 14 heavy (non-hydrogen) atoms. The third-order valence-corrected chi connectivity index (χ3v) is 2.77. The Bertz CT molecular complexity index is 570. The van der Waals surface area contributed by atoms with E-state index in [0.717, 1.165) is 12.3 Å². The molecule has 76 valence electrons. The molecule has 1 heterocycles. The number of amides is 1. The number of nitrogens with zero attached hydrogens (tertiary/aromatic N) is 1. The van der Waals surface area contributed by atoms with Gasteiger partial charge in [-0.1, -0.05) is 6.85 Å². The third kappa shape index (κ3) is 1.90. The lowest BCUT2D eigenvalue weighted by atomic mass is 10.2. The van der Waals surface area contributed by atoms with E-state index in [9.17, 15) is 13.2 Å². The Balaban J connectivity index is 3.28. The SMILES string of the molecule is [2H]C(c1ccnc(S(=O)(=O)C(N)=O)c1)C([2H])([2H])[2H]. The Hall–Kier alpha value is -1.43. The summed E-state index contributed by atoms with van der Waals surface area (Å²) in [6.45, 7) is -2.60. The van der Waals surface area contributed by atoms with Gasteiger partial charge in [-0.3, -0.25) is 4.79 Å². The Morgan fingerprint density at radius 3 is 3.07 bits per heavy atom. The van der Waals surface area contributed by atoms with Gasteiger partial charge >= 0.3 is 5.24 Å². The number of pyridine rings is 1. The standard InChI is InChI=1S/C8H10N2O3S/c1-2-6-3-4-10-7(5-6)14(12,13)8(9)11/h3-5H,2H2,1H3,(H2,9,11)/i1D3,2D. The van der Waals surface area contributed by atoms with Crippen LogP contribution in [0.5, 0.6) is 0 Å². The van der Waals surface area contributed by atoms with Gasteiger partial charge < -0.3 is 5.73 Å². The summed E-state index contributed by atoms with van der Waals surface area (Å²) in [5, 5.41) is -2.24. The summed E-state index contributed by atoms with van der Waals surface area (Å²) in [5.41, 5.74) is 4.61. The van der Waals surface area contributed by atoms with Crippen LogP contribution in [-0.4, -0.2) is 18.6 Å². The van der Waals surface area contributed by atoms with Gasteiger partial charge in [-0.05, 0) is 24.1 Å². The number of carbonyl (C=O) groups is 1. The third-order valence-electron chi connectivity index (χ3n) is 1.47. The van der Waals surface area contributed by atoms with Gasteiger partial charge in [-0.25, -0.2) is 13.4 Å².